The Balaban J connectivity index is 1.63. The Morgan fingerprint density at radius 2 is 2.12 bits per heavy atom. The topological polar surface area (TPSA) is 87.2 Å². The van der Waals surface area contributed by atoms with Crippen molar-refractivity contribution in [3.8, 4) is 10.6 Å². The average molecular weight is 345 g/mol. The van der Waals surface area contributed by atoms with Crippen LogP contribution in [0, 0.1) is 6.92 Å². The maximum atomic E-state index is 12.1. The number of hydrogen-bond donors (Lipinski definition) is 2. The number of nitrogens with zero attached hydrogens (tertiary/aromatic N) is 3. The number of urea groups is 1. The fourth-order valence-electron chi connectivity index (χ4n) is 2.51. The lowest BCUT2D eigenvalue weighted by Crippen LogP contribution is -2.40. The van der Waals surface area contributed by atoms with Crippen molar-refractivity contribution in [2.45, 2.75) is 26.3 Å². The summed E-state index contributed by atoms with van der Waals surface area (Å²) < 4.78 is 0. The molecular formula is C16H19N5O2S. The normalized spacial score (nSPS) is 16.4. The Labute approximate surface area is 144 Å². The Morgan fingerprint density at radius 1 is 1.33 bits per heavy atom. The van der Waals surface area contributed by atoms with E-state index in [0.29, 0.717) is 12.5 Å². The van der Waals surface area contributed by atoms with Crippen LogP contribution in [0.4, 0.5) is 10.7 Å². The van der Waals surface area contributed by atoms with E-state index in [0.717, 1.165) is 10.6 Å². The number of amides is 3. The van der Waals surface area contributed by atoms with Crippen LogP contribution in [0.3, 0.4) is 0 Å². The summed E-state index contributed by atoms with van der Waals surface area (Å²) >= 11 is 1.63. The van der Waals surface area contributed by atoms with Crippen LogP contribution >= 0.6 is 11.3 Å². The van der Waals surface area contributed by atoms with Crippen molar-refractivity contribution >= 4 is 29.2 Å². The van der Waals surface area contributed by atoms with Crippen LogP contribution in [-0.4, -0.2) is 45.4 Å². The first-order valence-corrected chi connectivity index (χ1v) is 8.52. The van der Waals surface area contributed by atoms with E-state index in [1.54, 1.807) is 31.4 Å². The third-order valence-electron chi connectivity index (χ3n) is 3.81. The van der Waals surface area contributed by atoms with Crippen LogP contribution in [0.2, 0.25) is 0 Å². The van der Waals surface area contributed by atoms with Crippen LogP contribution in [0.1, 0.15) is 19.4 Å². The van der Waals surface area contributed by atoms with Crippen molar-refractivity contribution in [1.29, 1.82) is 0 Å². The molecule has 0 atom stereocenters. The molecule has 2 N–H and O–H groups in total. The highest BCUT2D eigenvalue weighted by atomic mass is 32.1. The molecule has 0 aliphatic carbocycles. The largest absolute Gasteiger partial charge is 0.352 e. The second-order valence-electron chi connectivity index (χ2n) is 6.14. The van der Waals surface area contributed by atoms with Gasteiger partial charge >= 0.3 is 6.03 Å². The molecule has 1 saturated heterocycles. The van der Waals surface area contributed by atoms with Crippen LogP contribution in [0.25, 0.3) is 10.6 Å². The molecule has 7 nitrogen and oxygen atoms in total. The van der Waals surface area contributed by atoms with E-state index in [4.69, 9.17) is 0 Å². The second kappa shape index (κ2) is 6.20. The molecule has 3 rings (SSSR count). The Morgan fingerprint density at radius 3 is 2.75 bits per heavy atom. The van der Waals surface area contributed by atoms with Gasteiger partial charge in [0.25, 0.3) is 5.91 Å². The van der Waals surface area contributed by atoms with Crippen LogP contribution in [0.15, 0.2) is 23.7 Å². The second-order valence-corrected chi connectivity index (χ2v) is 7.05. The molecule has 126 valence electrons. The van der Waals surface area contributed by atoms with E-state index < -0.39 is 5.54 Å². The highest BCUT2D eigenvalue weighted by molar-refractivity contribution is 7.13. The maximum absolute atomic E-state index is 12.1. The third-order valence-corrected chi connectivity index (χ3v) is 4.85. The predicted octanol–water partition coefficient (Wildman–Crippen LogP) is 2.26. The van der Waals surface area contributed by atoms with Gasteiger partial charge in [-0.3, -0.25) is 9.69 Å². The van der Waals surface area contributed by atoms with Gasteiger partial charge in [-0.2, -0.15) is 0 Å². The number of rotatable bonds is 5. The number of imide groups is 1. The standard InChI is InChI=1S/C16H19N5O2S/c1-10-5-9-24-12(10)11-4-6-17-14(19-11)18-7-8-21-13(22)16(2,3)20-15(21)23/h4-6,9H,7-8H2,1-3H3,(H,20,23)(H,17,18,19). The molecule has 0 radical (unpaired) electrons. The van der Waals surface area contributed by atoms with Crippen molar-refractivity contribution in [3.05, 3.63) is 29.3 Å². The summed E-state index contributed by atoms with van der Waals surface area (Å²) in [7, 11) is 0. The summed E-state index contributed by atoms with van der Waals surface area (Å²) in [4.78, 5) is 34.9. The van der Waals surface area contributed by atoms with E-state index >= 15 is 0 Å². The van der Waals surface area contributed by atoms with Crippen LogP contribution in [-0.2, 0) is 4.79 Å². The molecule has 0 bridgehead atoms. The molecule has 2 aromatic rings. The van der Waals surface area contributed by atoms with Crippen molar-refractivity contribution < 1.29 is 9.59 Å². The molecular weight excluding hydrogens is 326 g/mol. The number of anilines is 1. The Hall–Kier alpha value is -2.48. The number of hydrogen-bond acceptors (Lipinski definition) is 6. The van der Waals surface area contributed by atoms with Gasteiger partial charge in [-0.05, 0) is 43.8 Å². The molecule has 2 aromatic heterocycles. The van der Waals surface area contributed by atoms with E-state index in [2.05, 4.69) is 26.7 Å². The fourth-order valence-corrected chi connectivity index (χ4v) is 3.40. The lowest BCUT2D eigenvalue weighted by atomic mass is 10.1. The minimum absolute atomic E-state index is 0.224. The third kappa shape index (κ3) is 3.09. The van der Waals surface area contributed by atoms with E-state index in [-0.39, 0.29) is 18.5 Å². The molecule has 1 aliphatic heterocycles. The number of thiophene rings is 1. The number of aryl methyl sites for hydroxylation is 1. The van der Waals surface area contributed by atoms with Gasteiger partial charge in [0, 0.05) is 19.3 Å². The lowest BCUT2D eigenvalue weighted by Gasteiger charge is -2.16. The smallest absolute Gasteiger partial charge is 0.325 e. The van der Waals surface area contributed by atoms with Gasteiger partial charge in [0.05, 0.1) is 10.6 Å². The van der Waals surface area contributed by atoms with Gasteiger partial charge in [0.15, 0.2) is 0 Å². The molecule has 24 heavy (non-hydrogen) atoms. The van der Waals surface area contributed by atoms with Gasteiger partial charge in [0.1, 0.15) is 5.54 Å². The van der Waals surface area contributed by atoms with E-state index in [1.165, 1.54) is 10.5 Å². The fraction of sp³-hybridized carbons (Fsp3) is 0.375. The maximum Gasteiger partial charge on any atom is 0.325 e. The van der Waals surface area contributed by atoms with Crippen LogP contribution < -0.4 is 10.6 Å². The van der Waals surface area contributed by atoms with Crippen molar-refractivity contribution in [2.24, 2.45) is 0 Å². The summed E-state index contributed by atoms with van der Waals surface area (Å²) in [5.41, 5.74) is 1.19. The molecule has 1 aliphatic rings. The highest BCUT2D eigenvalue weighted by Gasteiger charge is 2.43. The molecule has 3 heterocycles. The summed E-state index contributed by atoms with van der Waals surface area (Å²) in [5, 5.41) is 7.75. The SMILES string of the molecule is Cc1ccsc1-c1ccnc(NCCN2C(=O)NC(C)(C)C2=O)n1. The molecule has 0 unspecified atom stereocenters. The Bertz CT molecular complexity index is 786. The quantitative estimate of drug-likeness (QED) is 0.812. The number of carbonyl (C=O) groups is 2. The van der Waals surface area contributed by atoms with E-state index in [9.17, 15) is 9.59 Å². The zero-order chi connectivity index (χ0) is 17.3. The average Bonchev–Trinajstić information content (AvgIpc) is 3.04. The summed E-state index contributed by atoms with van der Waals surface area (Å²) in [6.45, 7) is 6.08. The van der Waals surface area contributed by atoms with Gasteiger partial charge in [-0.25, -0.2) is 14.8 Å². The van der Waals surface area contributed by atoms with Gasteiger partial charge in [-0.15, -0.1) is 11.3 Å². The monoisotopic (exact) mass is 345 g/mol. The first-order chi connectivity index (χ1) is 11.4. The summed E-state index contributed by atoms with van der Waals surface area (Å²) in [6.07, 6.45) is 1.70. The highest BCUT2D eigenvalue weighted by Crippen LogP contribution is 2.27. The minimum Gasteiger partial charge on any atom is -0.352 e. The van der Waals surface area contributed by atoms with Gasteiger partial charge in [0.2, 0.25) is 5.95 Å². The molecule has 3 amide bonds. The molecule has 0 saturated carbocycles. The minimum atomic E-state index is -0.843. The molecule has 1 fully saturated rings. The van der Waals surface area contributed by atoms with Crippen LogP contribution in [0.5, 0.6) is 0 Å². The van der Waals surface area contributed by atoms with Crippen molar-refractivity contribution in [3.63, 3.8) is 0 Å². The zero-order valence-corrected chi connectivity index (χ0v) is 14.6. The summed E-state index contributed by atoms with van der Waals surface area (Å²) in [5.74, 6) is 0.254. The number of nitrogens with one attached hydrogen (secondary N) is 2. The van der Waals surface area contributed by atoms with Crippen molar-refractivity contribution in [1.82, 2.24) is 20.2 Å². The zero-order valence-electron chi connectivity index (χ0n) is 13.8. The molecule has 8 heteroatoms. The lowest BCUT2D eigenvalue weighted by molar-refractivity contribution is -0.130. The predicted molar refractivity (Wildman–Crippen MR) is 92.9 cm³/mol. The number of carbonyl (C=O) groups excluding carboxylic acids is 2. The Kier molecular flexibility index (Phi) is 4.23. The van der Waals surface area contributed by atoms with Gasteiger partial charge in [-0.1, -0.05) is 0 Å². The first-order valence-electron chi connectivity index (χ1n) is 7.64. The van der Waals surface area contributed by atoms with Crippen molar-refractivity contribution in [2.75, 3.05) is 18.4 Å². The summed E-state index contributed by atoms with van der Waals surface area (Å²) in [6, 6.07) is 3.55. The van der Waals surface area contributed by atoms with Gasteiger partial charge < -0.3 is 10.6 Å². The number of aromatic nitrogens is 2. The van der Waals surface area contributed by atoms with E-state index in [1.807, 2.05) is 18.4 Å². The molecule has 0 spiro atoms. The molecule has 0 aromatic carbocycles. The first kappa shape index (κ1) is 16.4.